The van der Waals surface area contributed by atoms with Crippen LogP contribution in [0.2, 0.25) is 0 Å². The molecule has 0 radical (unpaired) electrons. The van der Waals surface area contributed by atoms with E-state index < -0.39 is 11.9 Å². The third kappa shape index (κ3) is 5.46. The van der Waals surface area contributed by atoms with E-state index in [0.717, 1.165) is 6.42 Å². The first kappa shape index (κ1) is 13.7. The predicted molar refractivity (Wildman–Crippen MR) is 68.0 cm³/mol. The first-order valence-corrected chi connectivity index (χ1v) is 6.17. The van der Waals surface area contributed by atoms with Crippen LogP contribution in [0.4, 0.5) is 4.79 Å². The van der Waals surface area contributed by atoms with Gasteiger partial charge in [-0.25, -0.2) is 4.79 Å². The molecule has 1 aromatic rings. The molecule has 0 aliphatic heterocycles. The van der Waals surface area contributed by atoms with Crippen LogP contribution in [0.15, 0.2) is 12.1 Å². The van der Waals surface area contributed by atoms with Gasteiger partial charge in [0.25, 0.3) is 0 Å². The predicted octanol–water partition coefficient (Wildman–Crippen LogP) is 0.772. The molecule has 94 valence electrons. The average molecular weight is 255 g/mol. The van der Waals surface area contributed by atoms with Gasteiger partial charge in [0.1, 0.15) is 0 Å². The van der Waals surface area contributed by atoms with Crippen LogP contribution in [0.25, 0.3) is 0 Å². The van der Waals surface area contributed by atoms with E-state index in [4.69, 9.17) is 5.73 Å². The molecule has 1 unspecified atom stereocenters. The van der Waals surface area contributed by atoms with Crippen LogP contribution in [0.5, 0.6) is 0 Å². The molecule has 0 aromatic carbocycles. The maximum absolute atomic E-state index is 11.1. The van der Waals surface area contributed by atoms with Gasteiger partial charge >= 0.3 is 6.03 Å². The summed E-state index contributed by atoms with van der Waals surface area (Å²) in [5, 5.41) is 5.04. The average Bonchev–Trinajstić information content (AvgIpc) is 2.60. The molecule has 4 N–H and O–H groups in total. The number of imide groups is 1. The van der Waals surface area contributed by atoms with Crippen molar-refractivity contribution in [2.45, 2.75) is 26.3 Å². The van der Waals surface area contributed by atoms with Crippen LogP contribution < -0.4 is 16.4 Å². The smallest absolute Gasteiger partial charge is 0.318 e. The second-order valence-electron chi connectivity index (χ2n) is 3.91. The molecule has 1 atom stereocenters. The zero-order valence-corrected chi connectivity index (χ0v) is 10.8. The molecule has 5 nitrogen and oxygen atoms in total. The number of urea groups is 1. The fourth-order valence-corrected chi connectivity index (χ4v) is 2.44. The minimum Gasteiger partial charge on any atom is -0.351 e. The van der Waals surface area contributed by atoms with Crippen molar-refractivity contribution in [1.29, 1.82) is 0 Å². The van der Waals surface area contributed by atoms with Crippen molar-refractivity contribution in [3.05, 3.63) is 21.9 Å². The Kier molecular flexibility index (Phi) is 5.11. The van der Waals surface area contributed by atoms with Crippen molar-refractivity contribution in [3.8, 4) is 0 Å². The molecule has 0 bridgehead atoms. The lowest BCUT2D eigenvalue weighted by Crippen LogP contribution is -2.43. The SMILES string of the molecule is Cc1ccc(CC(C)NCC(=O)NC(N)=O)s1. The van der Waals surface area contributed by atoms with Gasteiger partial charge in [-0.05, 0) is 32.4 Å². The zero-order valence-electron chi connectivity index (χ0n) is 9.95. The van der Waals surface area contributed by atoms with Crippen molar-refractivity contribution < 1.29 is 9.59 Å². The van der Waals surface area contributed by atoms with Crippen molar-refractivity contribution in [2.24, 2.45) is 5.73 Å². The molecular weight excluding hydrogens is 238 g/mol. The van der Waals surface area contributed by atoms with E-state index >= 15 is 0 Å². The largest absolute Gasteiger partial charge is 0.351 e. The Morgan fingerprint density at radius 2 is 2.18 bits per heavy atom. The molecule has 1 heterocycles. The van der Waals surface area contributed by atoms with E-state index in [1.165, 1.54) is 9.75 Å². The van der Waals surface area contributed by atoms with E-state index in [-0.39, 0.29) is 12.6 Å². The highest BCUT2D eigenvalue weighted by atomic mass is 32.1. The summed E-state index contributed by atoms with van der Waals surface area (Å²) in [5.41, 5.74) is 4.83. The van der Waals surface area contributed by atoms with Crippen LogP contribution in [-0.2, 0) is 11.2 Å². The Hall–Kier alpha value is -1.40. The molecule has 0 spiro atoms. The van der Waals surface area contributed by atoms with Gasteiger partial charge in [0.05, 0.1) is 6.54 Å². The van der Waals surface area contributed by atoms with E-state index in [9.17, 15) is 9.59 Å². The second kappa shape index (κ2) is 6.36. The van der Waals surface area contributed by atoms with Gasteiger partial charge in [-0.15, -0.1) is 11.3 Å². The van der Waals surface area contributed by atoms with E-state index in [1.54, 1.807) is 11.3 Å². The van der Waals surface area contributed by atoms with Gasteiger partial charge in [-0.2, -0.15) is 0 Å². The molecule has 3 amide bonds. The van der Waals surface area contributed by atoms with E-state index in [2.05, 4.69) is 24.4 Å². The Bertz CT molecular complexity index is 403. The molecule has 0 saturated carbocycles. The van der Waals surface area contributed by atoms with E-state index in [0.29, 0.717) is 0 Å². The maximum Gasteiger partial charge on any atom is 0.318 e. The summed E-state index contributed by atoms with van der Waals surface area (Å²) in [6.07, 6.45) is 0.863. The summed E-state index contributed by atoms with van der Waals surface area (Å²) in [6, 6.07) is 3.51. The summed E-state index contributed by atoms with van der Waals surface area (Å²) < 4.78 is 0. The van der Waals surface area contributed by atoms with Crippen LogP contribution in [0, 0.1) is 6.92 Å². The van der Waals surface area contributed by atoms with Crippen molar-refractivity contribution in [1.82, 2.24) is 10.6 Å². The number of aryl methyl sites for hydroxylation is 1. The van der Waals surface area contributed by atoms with Crippen molar-refractivity contribution in [3.63, 3.8) is 0 Å². The van der Waals surface area contributed by atoms with Gasteiger partial charge in [-0.3, -0.25) is 10.1 Å². The number of hydrogen-bond donors (Lipinski definition) is 3. The standard InChI is InChI=1S/C11H17N3O2S/c1-7(5-9-4-3-8(2)17-9)13-6-10(15)14-11(12)16/h3-4,7,13H,5-6H2,1-2H3,(H3,12,14,15,16). The number of amides is 3. The summed E-state index contributed by atoms with van der Waals surface area (Å²) >= 11 is 1.75. The number of carbonyl (C=O) groups excluding carboxylic acids is 2. The third-order valence-electron chi connectivity index (χ3n) is 2.18. The minimum atomic E-state index is -0.821. The highest BCUT2D eigenvalue weighted by molar-refractivity contribution is 7.11. The zero-order chi connectivity index (χ0) is 12.8. The van der Waals surface area contributed by atoms with Gasteiger partial charge in [-0.1, -0.05) is 0 Å². The Morgan fingerprint density at radius 1 is 1.47 bits per heavy atom. The lowest BCUT2D eigenvalue weighted by molar-refractivity contribution is -0.119. The summed E-state index contributed by atoms with van der Waals surface area (Å²) in [6.45, 7) is 4.15. The highest BCUT2D eigenvalue weighted by Crippen LogP contribution is 2.16. The minimum absolute atomic E-state index is 0.0917. The second-order valence-corrected chi connectivity index (χ2v) is 5.28. The Morgan fingerprint density at radius 3 is 2.71 bits per heavy atom. The van der Waals surface area contributed by atoms with Gasteiger partial charge < -0.3 is 11.1 Å². The number of hydrogen-bond acceptors (Lipinski definition) is 4. The monoisotopic (exact) mass is 255 g/mol. The van der Waals surface area contributed by atoms with Crippen LogP contribution >= 0.6 is 11.3 Å². The van der Waals surface area contributed by atoms with Crippen molar-refractivity contribution in [2.75, 3.05) is 6.54 Å². The fourth-order valence-electron chi connectivity index (χ4n) is 1.42. The molecule has 0 aliphatic rings. The van der Waals surface area contributed by atoms with Gasteiger partial charge in [0.2, 0.25) is 5.91 Å². The first-order valence-electron chi connectivity index (χ1n) is 5.35. The van der Waals surface area contributed by atoms with Gasteiger partial charge in [0.15, 0.2) is 0 Å². The quantitative estimate of drug-likeness (QED) is 0.726. The number of primary amides is 1. The number of nitrogens with one attached hydrogen (secondary N) is 2. The molecule has 1 aromatic heterocycles. The third-order valence-corrected chi connectivity index (χ3v) is 3.20. The fraction of sp³-hybridized carbons (Fsp3) is 0.455. The number of nitrogens with two attached hydrogens (primary N) is 1. The Labute approximate surface area is 104 Å². The molecule has 6 heteroatoms. The normalized spacial score (nSPS) is 12.1. The molecule has 17 heavy (non-hydrogen) atoms. The lowest BCUT2D eigenvalue weighted by Gasteiger charge is -2.11. The summed E-state index contributed by atoms with van der Waals surface area (Å²) in [4.78, 5) is 24.1. The Balaban J connectivity index is 2.28. The van der Waals surface area contributed by atoms with Crippen LogP contribution in [-0.4, -0.2) is 24.5 Å². The number of thiophene rings is 1. The topological polar surface area (TPSA) is 84.2 Å². The number of rotatable bonds is 5. The molecule has 0 saturated heterocycles. The summed E-state index contributed by atoms with van der Waals surface area (Å²) in [7, 11) is 0. The van der Waals surface area contributed by atoms with Crippen molar-refractivity contribution >= 4 is 23.3 Å². The highest BCUT2D eigenvalue weighted by Gasteiger charge is 2.08. The van der Waals surface area contributed by atoms with Crippen LogP contribution in [0.1, 0.15) is 16.7 Å². The van der Waals surface area contributed by atoms with Crippen LogP contribution in [0.3, 0.4) is 0 Å². The molecule has 0 fully saturated rings. The molecular formula is C11H17N3O2S. The van der Waals surface area contributed by atoms with E-state index in [1.807, 2.05) is 12.2 Å². The lowest BCUT2D eigenvalue weighted by atomic mass is 10.2. The summed E-state index contributed by atoms with van der Waals surface area (Å²) in [5.74, 6) is -0.410. The molecule has 0 aliphatic carbocycles. The number of carbonyl (C=O) groups is 2. The molecule has 1 rings (SSSR count). The first-order chi connectivity index (χ1) is 7.97. The van der Waals surface area contributed by atoms with Gasteiger partial charge in [0, 0.05) is 15.8 Å². The maximum atomic E-state index is 11.1.